The normalized spacial score (nSPS) is 15.0. The van der Waals surface area contributed by atoms with E-state index in [-0.39, 0.29) is 11.5 Å². The molecular formula is C19H22FN5O2. The third-order valence-corrected chi connectivity index (χ3v) is 4.56. The minimum absolute atomic E-state index is 0.0720. The van der Waals surface area contributed by atoms with E-state index in [0.717, 1.165) is 11.5 Å². The minimum Gasteiger partial charge on any atom is -0.366 e. The van der Waals surface area contributed by atoms with Crippen molar-refractivity contribution >= 4 is 17.3 Å². The molecule has 2 aromatic rings. The summed E-state index contributed by atoms with van der Waals surface area (Å²) in [7, 11) is 1.71. The van der Waals surface area contributed by atoms with Gasteiger partial charge in [-0.15, -0.1) is 0 Å². The maximum Gasteiger partial charge on any atom is 0.269 e. The Bertz CT molecular complexity index is 834. The van der Waals surface area contributed by atoms with Crippen LogP contribution in [0.2, 0.25) is 0 Å². The standard InChI is InChI=1S/C19H22FN5O2/c1-21-19(22-14-15-5-4-6-16(13-15)25(26)27)24-11-9-23(10-12-24)18-8-3-2-7-17(18)20/h2-8,13H,9-12,14H2,1H3,(H,21,22). The van der Waals surface area contributed by atoms with Crippen molar-refractivity contribution < 1.29 is 9.31 Å². The van der Waals surface area contributed by atoms with Gasteiger partial charge in [0.05, 0.1) is 10.6 Å². The number of nitrogens with one attached hydrogen (secondary N) is 1. The largest absolute Gasteiger partial charge is 0.366 e. The van der Waals surface area contributed by atoms with Crippen LogP contribution in [0.3, 0.4) is 0 Å². The molecule has 1 saturated heterocycles. The zero-order chi connectivity index (χ0) is 19.2. The molecule has 1 heterocycles. The molecule has 0 atom stereocenters. The molecule has 1 fully saturated rings. The van der Waals surface area contributed by atoms with E-state index in [9.17, 15) is 14.5 Å². The van der Waals surface area contributed by atoms with Gasteiger partial charge in [-0.2, -0.15) is 0 Å². The molecule has 8 heteroatoms. The zero-order valence-electron chi connectivity index (χ0n) is 15.1. The first kappa shape index (κ1) is 18.6. The fourth-order valence-electron chi connectivity index (χ4n) is 3.16. The molecule has 0 aromatic heterocycles. The highest BCUT2D eigenvalue weighted by Crippen LogP contribution is 2.20. The number of nitro groups is 1. The second-order valence-corrected chi connectivity index (χ2v) is 6.25. The Labute approximate surface area is 157 Å². The molecule has 1 aliphatic rings. The summed E-state index contributed by atoms with van der Waals surface area (Å²) in [5, 5.41) is 14.1. The van der Waals surface area contributed by atoms with Crippen molar-refractivity contribution in [1.82, 2.24) is 10.2 Å². The molecule has 7 nitrogen and oxygen atoms in total. The van der Waals surface area contributed by atoms with E-state index in [0.29, 0.717) is 38.4 Å². The van der Waals surface area contributed by atoms with Gasteiger partial charge < -0.3 is 15.1 Å². The van der Waals surface area contributed by atoms with Gasteiger partial charge in [-0.1, -0.05) is 24.3 Å². The van der Waals surface area contributed by atoms with Crippen molar-refractivity contribution in [3.8, 4) is 0 Å². The molecule has 1 N–H and O–H groups in total. The molecular weight excluding hydrogens is 349 g/mol. The summed E-state index contributed by atoms with van der Waals surface area (Å²) in [5.41, 5.74) is 1.51. The van der Waals surface area contributed by atoms with Crippen LogP contribution >= 0.6 is 0 Å². The lowest BCUT2D eigenvalue weighted by Crippen LogP contribution is -2.52. The fourth-order valence-corrected chi connectivity index (χ4v) is 3.16. The monoisotopic (exact) mass is 371 g/mol. The quantitative estimate of drug-likeness (QED) is 0.387. The van der Waals surface area contributed by atoms with Crippen LogP contribution in [0.15, 0.2) is 53.5 Å². The van der Waals surface area contributed by atoms with Crippen LogP contribution in [0.4, 0.5) is 15.8 Å². The molecule has 0 amide bonds. The maximum absolute atomic E-state index is 14.0. The lowest BCUT2D eigenvalue weighted by atomic mass is 10.2. The SMILES string of the molecule is CN=C(NCc1cccc([N+](=O)[O-])c1)N1CCN(c2ccccc2F)CC1. The first-order valence-electron chi connectivity index (χ1n) is 8.77. The molecule has 1 aliphatic heterocycles. The number of aliphatic imine (C=N–C) groups is 1. The van der Waals surface area contributed by atoms with Crippen molar-refractivity contribution in [2.24, 2.45) is 4.99 Å². The fraction of sp³-hybridized carbons (Fsp3) is 0.316. The predicted molar refractivity (Wildman–Crippen MR) is 103 cm³/mol. The van der Waals surface area contributed by atoms with Crippen LogP contribution in [0.25, 0.3) is 0 Å². The molecule has 2 aromatic carbocycles. The van der Waals surface area contributed by atoms with Crippen LogP contribution in [-0.2, 0) is 6.54 Å². The van der Waals surface area contributed by atoms with E-state index < -0.39 is 4.92 Å². The second-order valence-electron chi connectivity index (χ2n) is 6.25. The van der Waals surface area contributed by atoms with Gasteiger partial charge in [-0.3, -0.25) is 15.1 Å². The first-order chi connectivity index (χ1) is 13.1. The van der Waals surface area contributed by atoms with Gasteiger partial charge in [0.25, 0.3) is 5.69 Å². The third kappa shape index (κ3) is 4.52. The van der Waals surface area contributed by atoms with Crippen LogP contribution in [0.1, 0.15) is 5.56 Å². The third-order valence-electron chi connectivity index (χ3n) is 4.56. The average Bonchev–Trinajstić information content (AvgIpc) is 2.69. The first-order valence-corrected chi connectivity index (χ1v) is 8.77. The summed E-state index contributed by atoms with van der Waals surface area (Å²) in [6, 6.07) is 13.3. The molecule has 3 rings (SSSR count). The molecule has 0 aliphatic carbocycles. The smallest absolute Gasteiger partial charge is 0.269 e. The number of para-hydroxylation sites is 1. The maximum atomic E-state index is 14.0. The summed E-state index contributed by atoms with van der Waals surface area (Å²) in [5.74, 6) is 0.522. The predicted octanol–water partition coefficient (Wildman–Crippen LogP) is 2.63. The van der Waals surface area contributed by atoms with Gasteiger partial charge in [-0.25, -0.2) is 4.39 Å². The highest BCUT2D eigenvalue weighted by molar-refractivity contribution is 5.80. The Morgan fingerprint density at radius 3 is 2.59 bits per heavy atom. The van der Waals surface area contributed by atoms with Crippen molar-refractivity contribution in [3.63, 3.8) is 0 Å². The van der Waals surface area contributed by atoms with Crippen molar-refractivity contribution in [1.29, 1.82) is 0 Å². The van der Waals surface area contributed by atoms with Crippen molar-refractivity contribution in [3.05, 3.63) is 70.0 Å². The van der Waals surface area contributed by atoms with Crippen molar-refractivity contribution in [2.45, 2.75) is 6.54 Å². The number of piperazine rings is 1. The number of hydrogen-bond acceptors (Lipinski definition) is 4. The van der Waals surface area contributed by atoms with Gasteiger partial charge in [0.15, 0.2) is 5.96 Å². The summed E-state index contributed by atoms with van der Waals surface area (Å²) >= 11 is 0. The Morgan fingerprint density at radius 1 is 1.19 bits per heavy atom. The number of benzene rings is 2. The molecule has 0 bridgehead atoms. The topological polar surface area (TPSA) is 74.0 Å². The van der Waals surface area contributed by atoms with E-state index in [1.165, 1.54) is 12.1 Å². The highest BCUT2D eigenvalue weighted by atomic mass is 19.1. The number of non-ortho nitro benzene ring substituents is 1. The molecule has 27 heavy (non-hydrogen) atoms. The van der Waals surface area contributed by atoms with Gasteiger partial charge in [0.2, 0.25) is 0 Å². The number of guanidine groups is 1. The summed E-state index contributed by atoms with van der Waals surface area (Å²) in [6.07, 6.45) is 0. The van der Waals surface area contributed by atoms with E-state index in [1.807, 2.05) is 17.0 Å². The Balaban J connectivity index is 1.57. The second kappa shape index (κ2) is 8.48. The lowest BCUT2D eigenvalue weighted by molar-refractivity contribution is -0.384. The highest BCUT2D eigenvalue weighted by Gasteiger charge is 2.21. The summed E-state index contributed by atoms with van der Waals surface area (Å²) < 4.78 is 14.0. The summed E-state index contributed by atoms with van der Waals surface area (Å²) in [4.78, 5) is 18.9. The number of anilines is 1. The van der Waals surface area contributed by atoms with Gasteiger partial charge in [0.1, 0.15) is 5.82 Å². The van der Waals surface area contributed by atoms with E-state index >= 15 is 0 Å². The Hall–Kier alpha value is -3.16. The van der Waals surface area contributed by atoms with Gasteiger partial charge in [0, 0.05) is 51.9 Å². The molecule has 0 spiro atoms. The minimum atomic E-state index is -0.403. The van der Waals surface area contributed by atoms with E-state index in [1.54, 1.807) is 31.3 Å². The lowest BCUT2D eigenvalue weighted by Gasteiger charge is -2.37. The van der Waals surface area contributed by atoms with Crippen LogP contribution in [0, 0.1) is 15.9 Å². The van der Waals surface area contributed by atoms with Gasteiger partial charge in [-0.05, 0) is 17.7 Å². The van der Waals surface area contributed by atoms with Crippen LogP contribution in [0.5, 0.6) is 0 Å². The van der Waals surface area contributed by atoms with E-state index in [2.05, 4.69) is 15.2 Å². The Kier molecular flexibility index (Phi) is 5.85. The van der Waals surface area contributed by atoms with Gasteiger partial charge >= 0.3 is 0 Å². The number of hydrogen-bond donors (Lipinski definition) is 1. The van der Waals surface area contributed by atoms with Crippen LogP contribution in [-0.4, -0.2) is 49.0 Å². The molecule has 0 radical (unpaired) electrons. The number of nitro benzene ring substituents is 1. The Morgan fingerprint density at radius 2 is 1.93 bits per heavy atom. The zero-order valence-corrected chi connectivity index (χ0v) is 15.1. The van der Waals surface area contributed by atoms with E-state index in [4.69, 9.17) is 0 Å². The van der Waals surface area contributed by atoms with Crippen molar-refractivity contribution in [2.75, 3.05) is 38.1 Å². The average molecular weight is 371 g/mol. The number of nitrogens with zero attached hydrogens (tertiary/aromatic N) is 4. The molecule has 0 saturated carbocycles. The molecule has 0 unspecified atom stereocenters. The number of halogens is 1. The van der Waals surface area contributed by atoms with Crippen LogP contribution < -0.4 is 10.2 Å². The number of rotatable bonds is 4. The molecule has 142 valence electrons. The summed E-state index contributed by atoms with van der Waals surface area (Å²) in [6.45, 7) is 3.25.